The van der Waals surface area contributed by atoms with Crippen LogP contribution in [0.2, 0.25) is 0 Å². The molecule has 0 aliphatic carbocycles. The van der Waals surface area contributed by atoms with E-state index in [9.17, 15) is 0 Å². The van der Waals surface area contributed by atoms with Crippen molar-refractivity contribution in [3.63, 3.8) is 0 Å². The predicted octanol–water partition coefficient (Wildman–Crippen LogP) is 5.59. The van der Waals surface area contributed by atoms with Gasteiger partial charge in [0, 0.05) is 22.3 Å². The van der Waals surface area contributed by atoms with Crippen LogP contribution in [-0.4, -0.2) is 4.57 Å². The molecule has 0 aliphatic heterocycles. The lowest BCUT2D eigenvalue weighted by Crippen LogP contribution is -1.97. The fourth-order valence-electron chi connectivity index (χ4n) is 2.60. The second-order valence-corrected chi connectivity index (χ2v) is 4.68. The van der Waals surface area contributed by atoms with E-state index in [1.807, 2.05) is 19.1 Å². The number of allylic oxidation sites excluding steroid dienone is 6. The van der Waals surface area contributed by atoms with Crippen LogP contribution in [0.4, 0.5) is 0 Å². The Bertz CT molecular complexity index is 709. The van der Waals surface area contributed by atoms with E-state index in [-0.39, 0.29) is 0 Å². The summed E-state index contributed by atoms with van der Waals surface area (Å²) in [4.78, 5) is 0. The molecule has 102 valence electrons. The van der Waals surface area contributed by atoms with Crippen LogP contribution in [-0.2, 0) is 0 Å². The van der Waals surface area contributed by atoms with Crippen molar-refractivity contribution in [1.82, 2.24) is 4.57 Å². The number of hydrogen-bond acceptors (Lipinski definition) is 0. The van der Waals surface area contributed by atoms with Gasteiger partial charge in [-0.3, -0.25) is 0 Å². The zero-order valence-corrected chi connectivity index (χ0v) is 12.4. The lowest BCUT2D eigenvalue weighted by molar-refractivity contribution is 1.09. The van der Waals surface area contributed by atoms with Gasteiger partial charge in [-0.2, -0.15) is 0 Å². The molecule has 0 fully saturated rings. The highest BCUT2D eigenvalue weighted by Gasteiger charge is 2.12. The molecule has 1 aromatic heterocycles. The Morgan fingerprint density at radius 2 is 1.90 bits per heavy atom. The van der Waals surface area contributed by atoms with Crippen LogP contribution in [0.25, 0.3) is 22.7 Å². The molecule has 0 spiro atoms. The largest absolute Gasteiger partial charge is 0.313 e. The van der Waals surface area contributed by atoms with Crippen LogP contribution >= 0.6 is 0 Å². The number of benzene rings is 1. The summed E-state index contributed by atoms with van der Waals surface area (Å²) in [5.41, 5.74) is 4.88. The molecule has 0 saturated carbocycles. The van der Waals surface area contributed by atoms with Crippen molar-refractivity contribution < 1.29 is 0 Å². The monoisotopic (exact) mass is 263 g/mol. The highest BCUT2D eigenvalue weighted by Crippen LogP contribution is 2.30. The van der Waals surface area contributed by atoms with E-state index in [1.54, 1.807) is 0 Å². The zero-order valence-electron chi connectivity index (χ0n) is 12.4. The van der Waals surface area contributed by atoms with Gasteiger partial charge in [-0.05, 0) is 39.0 Å². The lowest BCUT2D eigenvalue weighted by atomic mass is 10.1. The quantitative estimate of drug-likeness (QED) is 0.634. The first-order valence-electron chi connectivity index (χ1n) is 6.93. The number of nitrogens with zero attached hydrogens (tertiary/aromatic N) is 1. The first-order chi connectivity index (χ1) is 9.74. The average Bonchev–Trinajstić information content (AvgIpc) is 2.72. The van der Waals surface area contributed by atoms with Crippen molar-refractivity contribution in [3.8, 4) is 0 Å². The molecule has 2 aromatic rings. The van der Waals surface area contributed by atoms with Crippen molar-refractivity contribution in [2.75, 3.05) is 0 Å². The summed E-state index contributed by atoms with van der Waals surface area (Å²) in [5.74, 6) is 0. The second kappa shape index (κ2) is 6.25. The molecule has 0 atom stereocenters. The van der Waals surface area contributed by atoms with Gasteiger partial charge in [-0.25, -0.2) is 0 Å². The van der Waals surface area contributed by atoms with Gasteiger partial charge >= 0.3 is 0 Å². The molecule has 1 nitrogen and oxygen atoms in total. The molecule has 0 radical (unpaired) electrons. The minimum atomic E-state index is 1.13. The SMILES string of the molecule is C=C/C=C(\C=C/C)n1c(C)c(/C=C\C)c2ccccc21. The molecule has 0 bridgehead atoms. The molecule has 0 saturated heterocycles. The summed E-state index contributed by atoms with van der Waals surface area (Å²) in [7, 11) is 0. The van der Waals surface area contributed by atoms with Crippen LogP contribution in [0.5, 0.6) is 0 Å². The molecule has 2 rings (SSSR count). The number of para-hydroxylation sites is 1. The van der Waals surface area contributed by atoms with Crippen molar-refractivity contribution in [2.45, 2.75) is 20.8 Å². The van der Waals surface area contributed by atoms with Crippen LogP contribution < -0.4 is 0 Å². The highest BCUT2D eigenvalue weighted by molar-refractivity contribution is 5.94. The van der Waals surface area contributed by atoms with E-state index >= 15 is 0 Å². The smallest absolute Gasteiger partial charge is 0.0537 e. The Morgan fingerprint density at radius 3 is 2.55 bits per heavy atom. The molecule has 0 amide bonds. The topological polar surface area (TPSA) is 4.93 Å². The fraction of sp³-hybridized carbons (Fsp3) is 0.158. The zero-order chi connectivity index (χ0) is 14.5. The summed E-state index contributed by atoms with van der Waals surface area (Å²) < 4.78 is 2.28. The molecule has 0 aliphatic rings. The van der Waals surface area contributed by atoms with E-state index in [1.165, 1.54) is 22.2 Å². The third-order valence-electron chi connectivity index (χ3n) is 3.38. The fourth-order valence-corrected chi connectivity index (χ4v) is 2.60. The third kappa shape index (κ3) is 2.39. The number of aromatic nitrogens is 1. The van der Waals surface area contributed by atoms with Crippen LogP contribution in [0, 0.1) is 6.92 Å². The summed E-state index contributed by atoms with van der Waals surface area (Å²) in [6, 6.07) is 8.51. The number of fused-ring (bicyclic) bond motifs is 1. The second-order valence-electron chi connectivity index (χ2n) is 4.68. The van der Waals surface area contributed by atoms with Crippen molar-refractivity contribution in [1.29, 1.82) is 0 Å². The Kier molecular flexibility index (Phi) is 4.41. The van der Waals surface area contributed by atoms with Gasteiger partial charge in [-0.1, -0.05) is 49.1 Å². The van der Waals surface area contributed by atoms with E-state index in [2.05, 4.69) is 73.6 Å². The minimum absolute atomic E-state index is 1.13. The van der Waals surface area contributed by atoms with Crippen LogP contribution in [0.1, 0.15) is 25.1 Å². The van der Waals surface area contributed by atoms with Gasteiger partial charge in [0.1, 0.15) is 0 Å². The number of rotatable bonds is 4. The summed E-state index contributed by atoms with van der Waals surface area (Å²) in [6.07, 6.45) is 12.3. The van der Waals surface area contributed by atoms with E-state index in [4.69, 9.17) is 0 Å². The Balaban J connectivity index is 2.85. The predicted molar refractivity (Wildman–Crippen MR) is 90.7 cm³/mol. The van der Waals surface area contributed by atoms with Gasteiger partial charge in [0.05, 0.1) is 5.52 Å². The van der Waals surface area contributed by atoms with Crippen molar-refractivity contribution >= 4 is 22.7 Å². The summed E-state index contributed by atoms with van der Waals surface area (Å²) >= 11 is 0. The maximum Gasteiger partial charge on any atom is 0.0537 e. The molecule has 1 heterocycles. The average molecular weight is 263 g/mol. The Hall–Kier alpha value is -2.28. The number of hydrogen-bond donors (Lipinski definition) is 0. The van der Waals surface area contributed by atoms with Crippen LogP contribution in [0.3, 0.4) is 0 Å². The van der Waals surface area contributed by atoms with E-state index in [0.717, 1.165) is 5.70 Å². The molecular formula is C19H21N. The lowest BCUT2D eigenvalue weighted by Gasteiger charge is -2.09. The van der Waals surface area contributed by atoms with Crippen LogP contribution in [0.15, 0.2) is 61.2 Å². The first-order valence-corrected chi connectivity index (χ1v) is 6.93. The maximum atomic E-state index is 3.82. The van der Waals surface area contributed by atoms with Crippen molar-refractivity contribution in [3.05, 3.63) is 72.5 Å². The normalized spacial score (nSPS) is 12.8. The van der Waals surface area contributed by atoms with Gasteiger partial charge < -0.3 is 4.57 Å². The van der Waals surface area contributed by atoms with Gasteiger partial charge in [-0.15, -0.1) is 0 Å². The van der Waals surface area contributed by atoms with Gasteiger partial charge in [0.2, 0.25) is 0 Å². The van der Waals surface area contributed by atoms with Gasteiger partial charge in [0.15, 0.2) is 0 Å². The Morgan fingerprint density at radius 1 is 1.15 bits per heavy atom. The third-order valence-corrected chi connectivity index (χ3v) is 3.38. The van der Waals surface area contributed by atoms with Crippen molar-refractivity contribution in [2.24, 2.45) is 0 Å². The van der Waals surface area contributed by atoms with E-state index < -0.39 is 0 Å². The van der Waals surface area contributed by atoms with E-state index in [0.29, 0.717) is 0 Å². The molecule has 1 aromatic carbocycles. The molecule has 20 heavy (non-hydrogen) atoms. The molecular weight excluding hydrogens is 242 g/mol. The standard InChI is InChI=1S/C19H21N/c1-5-10-16(11-6-2)20-15(4)17(12-7-3)18-13-8-9-14-19(18)20/h5-14H,1H2,2-4H3/b11-6-,12-7-,16-10+. The Labute approximate surface area is 121 Å². The first kappa shape index (κ1) is 14.1. The van der Waals surface area contributed by atoms with Gasteiger partial charge in [0.25, 0.3) is 0 Å². The molecule has 0 N–H and O–H groups in total. The summed E-state index contributed by atoms with van der Waals surface area (Å²) in [6.45, 7) is 10.1. The molecule has 1 heteroatoms. The summed E-state index contributed by atoms with van der Waals surface area (Å²) in [5, 5.41) is 1.28. The molecule has 0 unspecified atom stereocenters. The highest BCUT2D eigenvalue weighted by atomic mass is 15.0. The minimum Gasteiger partial charge on any atom is -0.313 e. The maximum absolute atomic E-state index is 3.82.